The molecule has 1 aliphatic carbocycles. The van der Waals surface area contributed by atoms with Gasteiger partial charge in [0.15, 0.2) is 0 Å². The minimum absolute atomic E-state index is 0.0757. The highest BCUT2D eigenvalue weighted by Gasteiger charge is 2.32. The number of rotatable bonds is 4. The second kappa shape index (κ2) is 4.64. The summed E-state index contributed by atoms with van der Waals surface area (Å²) in [6, 6.07) is 6.31. The van der Waals surface area contributed by atoms with Crippen LogP contribution in [0.4, 0.5) is 4.39 Å². The molecule has 16 heavy (non-hydrogen) atoms. The number of carbonyl (C=O) groups is 1. The lowest BCUT2D eigenvalue weighted by atomic mass is 10.1. The van der Waals surface area contributed by atoms with Gasteiger partial charge in [-0.15, -0.1) is 0 Å². The van der Waals surface area contributed by atoms with E-state index >= 15 is 0 Å². The number of amides is 1. The van der Waals surface area contributed by atoms with Gasteiger partial charge < -0.3 is 5.32 Å². The van der Waals surface area contributed by atoms with E-state index in [0.29, 0.717) is 12.5 Å². The van der Waals surface area contributed by atoms with Gasteiger partial charge in [0, 0.05) is 12.5 Å². The third-order valence-electron chi connectivity index (χ3n) is 3.10. The average Bonchev–Trinajstić information content (AvgIpc) is 3.09. The van der Waals surface area contributed by atoms with Crippen molar-refractivity contribution < 1.29 is 9.18 Å². The summed E-state index contributed by atoms with van der Waals surface area (Å²) >= 11 is 0. The van der Waals surface area contributed by atoms with Gasteiger partial charge in [-0.25, -0.2) is 4.39 Å². The second-order valence-electron chi connectivity index (χ2n) is 4.47. The van der Waals surface area contributed by atoms with Crippen LogP contribution in [-0.4, -0.2) is 5.91 Å². The number of carbonyl (C=O) groups excluding carboxylic acids is 1. The molecule has 1 aromatic carbocycles. The highest BCUT2D eigenvalue weighted by atomic mass is 19.1. The molecule has 0 bridgehead atoms. The van der Waals surface area contributed by atoms with E-state index < -0.39 is 0 Å². The Hall–Kier alpha value is -1.38. The molecule has 1 aliphatic rings. The summed E-state index contributed by atoms with van der Waals surface area (Å²) in [5.41, 5.74) is 0.802. The van der Waals surface area contributed by atoms with Crippen molar-refractivity contribution in [2.75, 3.05) is 0 Å². The molecule has 3 heteroatoms. The zero-order valence-corrected chi connectivity index (χ0v) is 9.37. The topological polar surface area (TPSA) is 29.1 Å². The van der Waals surface area contributed by atoms with Gasteiger partial charge in [0.1, 0.15) is 5.82 Å². The number of nitrogens with one attached hydrogen (secondary N) is 1. The van der Waals surface area contributed by atoms with E-state index in [2.05, 4.69) is 5.32 Å². The average molecular weight is 221 g/mol. The maximum Gasteiger partial charge on any atom is 0.223 e. The van der Waals surface area contributed by atoms with Gasteiger partial charge in [-0.2, -0.15) is 0 Å². The van der Waals surface area contributed by atoms with Crippen molar-refractivity contribution in [3.8, 4) is 0 Å². The highest BCUT2D eigenvalue weighted by molar-refractivity contribution is 5.78. The van der Waals surface area contributed by atoms with Crippen molar-refractivity contribution in [1.82, 2.24) is 5.32 Å². The normalized spacial score (nSPS) is 16.9. The standard InChI is InChI=1S/C13H16FNO/c1-9(11-5-6-11)13(16)15-8-10-3-2-4-12(14)7-10/h2-4,7,9,11H,5-6,8H2,1H3,(H,15,16)/t9-/m1/s1. The fourth-order valence-electron chi connectivity index (χ4n) is 1.81. The van der Waals surface area contributed by atoms with Crippen molar-refractivity contribution in [3.05, 3.63) is 35.6 Å². The molecule has 1 saturated carbocycles. The van der Waals surface area contributed by atoms with Gasteiger partial charge in [0.05, 0.1) is 0 Å². The first kappa shape index (κ1) is 11.1. The molecular weight excluding hydrogens is 205 g/mol. The Labute approximate surface area is 94.9 Å². The Morgan fingerprint density at radius 2 is 2.31 bits per heavy atom. The molecule has 0 aliphatic heterocycles. The molecule has 86 valence electrons. The predicted octanol–water partition coefficient (Wildman–Crippen LogP) is 2.49. The van der Waals surface area contributed by atoms with Gasteiger partial charge in [0.2, 0.25) is 5.91 Å². The van der Waals surface area contributed by atoms with Crippen LogP contribution in [0.25, 0.3) is 0 Å². The van der Waals surface area contributed by atoms with Crippen LogP contribution in [0, 0.1) is 17.7 Å². The molecule has 0 spiro atoms. The van der Waals surface area contributed by atoms with Crippen molar-refractivity contribution in [3.63, 3.8) is 0 Å². The van der Waals surface area contributed by atoms with Crippen LogP contribution >= 0.6 is 0 Å². The molecule has 0 saturated heterocycles. The number of hydrogen-bond acceptors (Lipinski definition) is 1. The molecule has 0 aromatic heterocycles. The van der Waals surface area contributed by atoms with Crippen molar-refractivity contribution in [1.29, 1.82) is 0 Å². The minimum atomic E-state index is -0.262. The predicted molar refractivity (Wildman–Crippen MR) is 60.1 cm³/mol. The van der Waals surface area contributed by atoms with Crippen molar-refractivity contribution in [2.24, 2.45) is 11.8 Å². The summed E-state index contributed by atoms with van der Waals surface area (Å²) in [6.45, 7) is 2.37. The lowest BCUT2D eigenvalue weighted by Crippen LogP contribution is -2.29. The fourth-order valence-corrected chi connectivity index (χ4v) is 1.81. The Balaban J connectivity index is 1.84. The summed E-state index contributed by atoms with van der Waals surface area (Å²) < 4.78 is 12.9. The van der Waals surface area contributed by atoms with Crippen LogP contribution in [-0.2, 0) is 11.3 Å². The van der Waals surface area contributed by atoms with Crippen LogP contribution in [0.1, 0.15) is 25.3 Å². The van der Waals surface area contributed by atoms with E-state index in [9.17, 15) is 9.18 Å². The molecule has 1 aromatic rings. The Kier molecular flexibility index (Phi) is 3.22. The Bertz CT molecular complexity index is 387. The summed E-state index contributed by atoms with van der Waals surface area (Å²) in [5.74, 6) is 0.467. The zero-order chi connectivity index (χ0) is 11.5. The molecule has 0 heterocycles. The lowest BCUT2D eigenvalue weighted by Gasteiger charge is -2.10. The van der Waals surface area contributed by atoms with Gasteiger partial charge >= 0.3 is 0 Å². The largest absolute Gasteiger partial charge is 0.352 e. The van der Waals surface area contributed by atoms with E-state index in [1.807, 2.05) is 13.0 Å². The molecular formula is C13H16FNO. The molecule has 1 fully saturated rings. The summed E-state index contributed by atoms with van der Waals surface area (Å²) in [5, 5.41) is 2.84. The van der Waals surface area contributed by atoms with Crippen LogP contribution in [0.3, 0.4) is 0 Å². The fraction of sp³-hybridized carbons (Fsp3) is 0.462. The van der Waals surface area contributed by atoms with Gasteiger partial charge in [-0.1, -0.05) is 19.1 Å². The Morgan fingerprint density at radius 3 is 2.94 bits per heavy atom. The third kappa shape index (κ3) is 2.81. The summed E-state index contributed by atoms with van der Waals surface area (Å²) in [7, 11) is 0. The second-order valence-corrected chi connectivity index (χ2v) is 4.47. The molecule has 2 rings (SSSR count). The SMILES string of the molecule is C[C@@H](C(=O)NCc1cccc(F)c1)C1CC1. The third-order valence-corrected chi connectivity index (χ3v) is 3.10. The van der Waals surface area contributed by atoms with E-state index in [1.54, 1.807) is 6.07 Å². The lowest BCUT2D eigenvalue weighted by molar-refractivity contribution is -0.125. The van der Waals surface area contributed by atoms with E-state index in [-0.39, 0.29) is 17.6 Å². The first-order chi connectivity index (χ1) is 7.66. The molecule has 2 nitrogen and oxygen atoms in total. The Morgan fingerprint density at radius 1 is 1.56 bits per heavy atom. The minimum Gasteiger partial charge on any atom is -0.352 e. The molecule has 1 atom stereocenters. The van der Waals surface area contributed by atoms with E-state index in [4.69, 9.17) is 0 Å². The zero-order valence-electron chi connectivity index (χ0n) is 9.37. The molecule has 0 unspecified atom stereocenters. The maximum absolute atomic E-state index is 12.9. The quantitative estimate of drug-likeness (QED) is 0.831. The maximum atomic E-state index is 12.9. The van der Waals surface area contributed by atoms with Crippen molar-refractivity contribution in [2.45, 2.75) is 26.3 Å². The molecule has 1 N–H and O–H groups in total. The number of hydrogen-bond donors (Lipinski definition) is 1. The van der Waals surface area contributed by atoms with Gasteiger partial charge in [-0.3, -0.25) is 4.79 Å². The van der Waals surface area contributed by atoms with E-state index in [1.165, 1.54) is 12.1 Å². The summed E-state index contributed by atoms with van der Waals surface area (Å²) in [6.07, 6.45) is 2.32. The smallest absolute Gasteiger partial charge is 0.223 e. The van der Waals surface area contributed by atoms with Gasteiger partial charge in [0.25, 0.3) is 0 Å². The van der Waals surface area contributed by atoms with Crippen LogP contribution < -0.4 is 5.32 Å². The van der Waals surface area contributed by atoms with Crippen LogP contribution in [0.15, 0.2) is 24.3 Å². The monoisotopic (exact) mass is 221 g/mol. The number of benzene rings is 1. The van der Waals surface area contributed by atoms with Crippen LogP contribution in [0.5, 0.6) is 0 Å². The first-order valence-electron chi connectivity index (χ1n) is 5.69. The molecule has 1 amide bonds. The van der Waals surface area contributed by atoms with Crippen molar-refractivity contribution >= 4 is 5.91 Å². The number of halogens is 1. The molecule has 0 radical (unpaired) electrons. The van der Waals surface area contributed by atoms with Crippen LogP contribution in [0.2, 0.25) is 0 Å². The summed E-state index contributed by atoms with van der Waals surface area (Å²) in [4.78, 5) is 11.7. The van der Waals surface area contributed by atoms with Gasteiger partial charge in [-0.05, 0) is 36.5 Å². The highest BCUT2D eigenvalue weighted by Crippen LogP contribution is 2.36. The first-order valence-corrected chi connectivity index (χ1v) is 5.69. The van der Waals surface area contributed by atoms with E-state index in [0.717, 1.165) is 18.4 Å².